The fraction of sp³-hybridized carbons (Fsp3) is 0.439. The molecule has 0 aliphatic carbocycles. The Morgan fingerprint density at radius 1 is 0.889 bits per heavy atom. The van der Waals surface area contributed by atoms with E-state index in [1.165, 1.54) is 0 Å². The van der Waals surface area contributed by atoms with Crippen molar-refractivity contribution in [2.24, 2.45) is 5.92 Å². The van der Waals surface area contributed by atoms with Crippen LogP contribution >= 0.6 is 0 Å². The smallest absolute Gasteiger partial charge is 0.255 e. The highest BCUT2D eigenvalue weighted by Gasteiger charge is 2.31. The first-order valence-corrected chi connectivity index (χ1v) is 18.6. The van der Waals surface area contributed by atoms with Crippen LogP contribution in [0.5, 0.6) is 17.2 Å². The topological polar surface area (TPSA) is 173 Å². The SMILES string of the molecule is CCOc1ccc(CCCNC(=O)[C@@H]2CC(=O)N[C@H](CC(C)C)C(=O)N[C@@H](Cc3ccccc3)C(=O)NCCCOc3ccccc3C(=O)N2)cc1OC. The highest BCUT2D eigenvalue weighted by Crippen LogP contribution is 2.28. The van der Waals surface area contributed by atoms with Gasteiger partial charge in [0.05, 0.1) is 32.3 Å². The molecule has 0 saturated carbocycles. The number of rotatable bonds is 12. The zero-order valence-electron chi connectivity index (χ0n) is 31.6. The molecule has 1 aliphatic rings. The average molecular weight is 744 g/mol. The minimum absolute atomic E-state index is 0.00551. The number of methoxy groups -OCH3 is 1. The third-order valence-corrected chi connectivity index (χ3v) is 8.76. The van der Waals surface area contributed by atoms with Crippen LogP contribution in [-0.4, -0.2) is 81.1 Å². The highest BCUT2D eigenvalue weighted by molar-refractivity contribution is 6.01. The summed E-state index contributed by atoms with van der Waals surface area (Å²) in [6.07, 6.45) is 1.70. The van der Waals surface area contributed by atoms with Crippen LogP contribution in [0.2, 0.25) is 0 Å². The van der Waals surface area contributed by atoms with Gasteiger partial charge in [0.25, 0.3) is 5.91 Å². The van der Waals surface area contributed by atoms with Crippen LogP contribution in [0.1, 0.15) is 67.9 Å². The van der Waals surface area contributed by atoms with Gasteiger partial charge in [-0.3, -0.25) is 24.0 Å². The molecule has 290 valence electrons. The van der Waals surface area contributed by atoms with Crippen LogP contribution in [0.4, 0.5) is 0 Å². The largest absolute Gasteiger partial charge is 0.493 e. The Bertz CT molecular complexity index is 1720. The Kier molecular flexibility index (Phi) is 16.2. The zero-order valence-corrected chi connectivity index (χ0v) is 31.6. The van der Waals surface area contributed by atoms with Crippen molar-refractivity contribution in [3.05, 3.63) is 89.5 Å². The summed E-state index contributed by atoms with van der Waals surface area (Å²) in [5.74, 6) is -1.11. The van der Waals surface area contributed by atoms with E-state index in [1.54, 1.807) is 31.4 Å². The number of hydrogen-bond acceptors (Lipinski definition) is 8. The predicted octanol–water partition coefficient (Wildman–Crippen LogP) is 3.49. The second-order valence-corrected chi connectivity index (χ2v) is 13.5. The average Bonchev–Trinajstić information content (AvgIpc) is 3.16. The molecular formula is C41H53N5O8. The van der Waals surface area contributed by atoms with Crippen LogP contribution in [-0.2, 0) is 32.0 Å². The van der Waals surface area contributed by atoms with Crippen molar-refractivity contribution in [2.45, 2.75) is 77.4 Å². The molecule has 5 amide bonds. The molecule has 0 fully saturated rings. The zero-order chi connectivity index (χ0) is 38.9. The van der Waals surface area contributed by atoms with Gasteiger partial charge < -0.3 is 40.8 Å². The van der Waals surface area contributed by atoms with Crippen LogP contribution in [0, 0.1) is 5.92 Å². The van der Waals surface area contributed by atoms with Gasteiger partial charge in [0.2, 0.25) is 23.6 Å². The number of amides is 5. The lowest BCUT2D eigenvalue weighted by atomic mass is 10.0. The lowest BCUT2D eigenvalue weighted by molar-refractivity contribution is -0.133. The molecule has 5 N–H and O–H groups in total. The van der Waals surface area contributed by atoms with Gasteiger partial charge >= 0.3 is 0 Å². The summed E-state index contributed by atoms with van der Waals surface area (Å²) in [6, 6.07) is 18.5. The molecule has 0 radical (unpaired) electrons. The Morgan fingerprint density at radius 2 is 1.65 bits per heavy atom. The maximum absolute atomic E-state index is 13.7. The predicted molar refractivity (Wildman–Crippen MR) is 204 cm³/mol. The van der Waals surface area contributed by atoms with Gasteiger partial charge in [0, 0.05) is 19.5 Å². The summed E-state index contributed by atoms with van der Waals surface area (Å²) in [4.78, 5) is 68.0. The molecule has 13 nitrogen and oxygen atoms in total. The van der Waals surface area contributed by atoms with Crippen molar-refractivity contribution in [1.29, 1.82) is 0 Å². The molecule has 0 unspecified atom stereocenters. The summed E-state index contributed by atoms with van der Waals surface area (Å²) in [6.45, 7) is 6.95. The standard InChI is InChI=1S/C41H53N5O8/c1-5-53-35-19-18-29(25-36(35)52-4)15-11-20-42-40(50)33-26-37(47)44-31(23-27(2)3)41(51)46-32(24-28-13-7-6-8-14-28)39(49)43-21-12-22-54-34-17-10-9-16-30(34)38(48)45-33/h6-10,13-14,16-19,25,27,31-33H,5,11-12,15,20-24,26H2,1-4H3,(H,42,50)(H,43,49)(H,44,47)(H,45,48)(H,46,51)/t31-,32+,33+/m1/s1. The van der Waals surface area contributed by atoms with Crippen molar-refractivity contribution in [1.82, 2.24) is 26.6 Å². The van der Waals surface area contributed by atoms with Gasteiger partial charge in [-0.25, -0.2) is 0 Å². The minimum Gasteiger partial charge on any atom is -0.493 e. The van der Waals surface area contributed by atoms with Crippen molar-refractivity contribution in [2.75, 3.05) is 33.4 Å². The summed E-state index contributed by atoms with van der Waals surface area (Å²) in [5.41, 5.74) is 2.03. The van der Waals surface area contributed by atoms with E-state index in [0.717, 1.165) is 11.1 Å². The third kappa shape index (κ3) is 12.8. The van der Waals surface area contributed by atoms with Gasteiger partial charge in [-0.1, -0.05) is 62.4 Å². The van der Waals surface area contributed by atoms with E-state index >= 15 is 0 Å². The van der Waals surface area contributed by atoms with Crippen molar-refractivity contribution >= 4 is 29.5 Å². The number of aryl methyl sites for hydroxylation is 1. The van der Waals surface area contributed by atoms with Crippen molar-refractivity contribution in [3.63, 3.8) is 0 Å². The van der Waals surface area contributed by atoms with E-state index in [0.29, 0.717) is 43.1 Å². The van der Waals surface area contributed by atoms with Gasteiger partial charge in [-0.05, 0) is 73.9 Å². The molecule has 3 aromatic rings. The quantitative estimate of drug-likeness (QED) is 0.176. The summed E-state index contributed by atoms with van der Waals surface area (Å²) < 4.78 is 17.0. The molecule has 4 rings (SSSR count). The number of nitrogens with one attached hydrogen (secondary N) is 5. The molecule has 0 aromatic heterocycles. The Balaban J connectivity index is 1.53. The van der Waals surface area contributed by atoms with Crippen molar-refractivity contribution in [3.8, 4) is 17.2 Å². The fourth-order valence-electron chi connectivity index (χ4n) is 6.06. The number of hydrogen-bond donors (Lipinski definition) is 5. The fourth-order valence-corrected chi connectivity index (χ4v) is 6.06. The van der Waals surface area contributed by atoms with Crippen LogP contribution < -0.4 is 40.8 Å². The Hall–Kier alpha value is -5.59. The third-order valence-electron chi connectivity index (χ3n) is 8.76. The van der Waals surface area contributed by atoms with E-state index in [2.05, 4.69) is 26.6 Å². The number of carbonyl (C=O) groups excluding carboxylic acids is 5. The maximum atomic E-state index is 13.7. The molecule has 1 aliphatic heterocycles. The maximum Gasteiger partial charge on any atom is 0.255 e. The van der Waals surface area contributed by atoms with Gasteiger partial charge in [0.1, 0.15) is 23.9 Å². The first-order valence-electron chi connectivity index (χ1n) is 18.6. The van der Waals surface area contributed by atoms with Crippen LogP contribution in [0.3, 0.4) is 0 Å². The van der Waals surface area contributed by atoms with Gasteiger partial charge in [0.15, 0.2) is 11.5 Å². The molecule has 3 aromatic carbocycles. The van der Waals surface area contributed by atoms with Gasteiger partial charge in [-0.15, -0.1) is 0 Å². The number of para-hydroxylation sites is 1. The normalized spacial score (nSPS) is 18.7. The monoisotopic (exact) mass is 743 g/mol. The molecule has 13 heteroatoms. The van der Waals surface area contributed by atoms with E-state index in [-0.39, 0.29) is 49.9 Å². The number of benzene rings is 3. The summed E-state index contributed by atoms with van der Waals surface area (Å²) in [7, 11) is 1.58. The number of carbonyl (C=O) groups is 5. The first-order chi connectivity index (χ1) is 26.1. The van der Waals surface area contributed by atoms with E-state index < -0.39 is 48.2 Å². The Labute approximate surface area is 317 Å². The molecule has 0 bridgehead atoms. The molecule has 54 heavy (non-hydrogen) atoms. The number of ether oxygens (including phenoxy) is 3. The van der Waals surface area contributed by atoms with Crippen LogP contribution in [0.15, 0.2) is 72.8 Å². The van der Waals surface area contributed by atoms with Gasteiger partial charge in [-0.2, -0.15) is 0 Å². The van der Waals surface area contributed by atoms with E-state index in [1.807, 2.05) is 69.3 Å². The minimum atomic E-state index is -1.27. The Morgan fingerprint density at radius 3 is 2.39 bits per heavy atom. The second-order valence-electron chi connectivity index (χ2n) is 13.5. The molecule has 1 heterocycles. The second kappa shape index (κ2) is 21.2. The lowest BCUT2D eigenvalue weighted by Gasteiger charge is -2.25. The number of fused-ring (bicyclic) bond motifs is 1. The molecular weight excluding hydrogens is 690 g/mol. The van der Waals surface area contributed by atoms with Crippen molar-refractivity contribution < 1.29 is 38.2 Å². The first kappa shape index (κ1) is 41.2. The molecule has 0 spiro atoms. The molecule has 3 atom stereocenters. The lowest BCUT2D eigenvalue weighted by Crippen LogP contribution is -2.56. The summed E-state index contributed by atoms with van der Waals surface area (Å²) >= 11 is 0. The van der Waals surface area contributed by atoms with E-state index in [9.17, 15) is 24.0 Å². The van der Waals surface area contributed by atoms with E-state index in [4.69, 9.17) is 14.2 Å². The van der Waals surface area contributed by atoms with Crippen LogP contribution in [0.25, 0.3) is 0 Å². The summed E-state index contributed by atoms with van der Waals surface area (Å²) in [5, 5.41) is 14.1. The highest BCUT2D eigenvalue weighted by atomic mass is 16.5. The molecule has 0 saturated heterocycles.